The van der Waals surface area contributed by atoms with Gasteiger partial charge in [-0.1, -0.05) is 0 Å². The van der Waals surface area contributed by atoms with Crippen molar-refractivity contribution in [2.24, 2.45) is 0 Å². The Bertz CT molecular complexity index is 1060. The molecule has 2 aromatic carbocycles. The van der Waals surface area contributed by atoms with Gasteiger partial charge in [0.25, 0.3) is 10.0 Å². The van der Waals surface area contributed by atoms with Crippen LogP contribution in [0.5, 0.6) is 5.75 Å². The Morgan fingerprint density at radius 2 is 2.00 bits per heavy atom. The molecular formula is C14H11N3O5S2. The monoisotopic (exact) mass is 365 g/mol. The zero-order valence-corrected chi connectivity index (χ0v) is 13.9. The van der Waals surface area contributed by atoms with Gasteiger partial charge in [0.05, 0.1) is 30.7 Å². The molecule has 3 rings (SSSR count). The zero-order chi connectivity index (χ0) is 17.5. The van der Waals surface area contributed by atoms with Crippen molar-refractivity contribution in [3.05, 3.63) is 51.5 Å². The molecule has 2 N–H and O–H groups in total. The molecule has 0 spiro atoms. The van der Waals surface area contributed by atoms with Crippen LogP contribution in [-0.4, -0.2) is 23.4 Å². The lowest BCUT2D eigenvalue weighted by molar-refractivity contribution is -0.386. The molecule has 0 aliphatic rings. The van der Waals surface area contributed by atoms with E-state index in [1.807, 2.05) is 6.92 Å². The molecule has 0 saturated heterocycles. The van der Waals surface area contributed by atoms with E-state index in [9.17, 15) is 23.6 Å². The minimum atomic E-state index is -4.03. The number of sulfonamides is 1. The van der Waals surface area contributed by atoms with Crippen LogP contribution in [0.4, 0.5) is 11.4 Å². The number of nitrogens with zero attached hydrogens (tertiary/aromatic N) is 2. The smallest absolute Gasteiger partial charge is 0.312 e. The molecule has 0 radical (unpaired) electrons. The van der Waals surface area contributed by atoms with E-state index in [0.29, 0.717) is 5.69 Å². The van der Waals surface area contributed by atoms with E-state index in [0.717, 1.165) is 33.4 Å². The van der Waals surface area contributed by atoms with Crippen LogP contribution in [0.3, 0.4) is 0 Å². The molecule has 24 heavy (non-hydrogen) atoms. The summed E-state index contributed by atoms with van der Waals surface area (Å²) >= 11 is 1.43. The number of aromatic hydroxyl groups is 1. The fourth-order valence-electron chi connectivity index (χ4n) is 2.13. The Balaban J connectivity index is 1.98. The van der Waals surface area contributed by atoms with Gasteiger partial charge in [-0.3, -0.25) is 14.8 Å². The quantitative estimate of drug-likeness (QED) is 0.541. The topological polar surface area (TPSA) is 122 Å². The first kappa shape index (κ1) is 16.1. The number of anilines is 1. The van der Waals surface area contributed by atoms with Crippen LogP contribution in [0, 0.1) is 17.0 Å². The summed E-state index contributed by atoms with van der Waals surface area (Å²) in [6.07, 6.45) is 0. The number of hydrogen-bond acceptors (Lipinski definition) is 7. The van der Waals surface area contributed by atoms with Gasteiger partial charge >= 0.3 is 5.69 Å². The van der Waals surface area contributed by atoms with Crippen molar-refractivity contribution in [2.45, 2.75) is 11.8 Å². The molecule has 0 unspecified atom stereocenters. The number of rotatable bonds is 4. The highest BCUT2D eigenvalue weighted by Gasteiger charge is 2.21. The van der Waals surface area contributed by atoms with Crippen LogP contribution in [0.25, 0.3) is 10.2 Å². The molecule has 0 aliphatic carbocycles. The van der Waals surface area contributed by atoms with Gasteiger partial charge in [-0.15, -0.1) is 11.3 Å². The third-order valence-corrected chi connectivity index (χ3v) is 5.51. The summed E-state index contributed by atoms with van der Waals surface area (Å²) in [5.74, 6) is -0.597. The number of nitrogens with one attached hydrogen (secondary N) is 1. The minimum Gasteiger partial charge on any atom is -0.502 e. The lowest BCUT2D eigenvalue weighted by atomic mass is 10.3. The van der Waals surface area contributed by atoms with Gasteiger partial charge in [-0.05, 0) is 37.3 Å². The highest BCUT2D eigenvalue weighted by Crippen LogP contribution is 2.30. The van der Waals surface area contributed by atoms with Crippen molar-refractivity contribution in [3.8, 4) is 5.75 Å². The first-order valence-electron chi connectivity index (χ1n) is 6.64. The van der Waals surface area contributed by atoms with E-state index >= 15 is 0 Å². The zero-order valence-electron chi connectivity index (χ0n) is 12.3. The molecule has 8 nitrogen and oxygen atoms in total. The number of phenolic OH excluding ortho intramolecular Hbond substituents is 1. The van der Waals surface area contributed by atoms with Crippen molar-refractivity contribution < 1.29 is 18.4 Å². The molecule has 0 aliphatic heterocycles. The molecule has 0 amide bonds. The van der Waals surface area contributed by atoms with E-state index in [1.54, 1.807) is 18.2 Å². The van der Waals surface area contributed by atoms with Crippen LogP contribution in [0.15, 0.2) is 41.3 Å². The van der Waals surface area contributed by atoms with Crippen LogP contribution in [-0.2, 0) is 10.0 Å². The first-order valence-corrected chi connectivity index (χ1v) is 8.94. The third kappa shape index (κ3) is 3.01. The average Bonchev–Trinajstić information content (AvgIpc) is 2.86. The van der Waals surface area contributed by atoms with E-state index < -0.39 is 26.4 Å². The number of thiazole rings is 1. The number of nitro benzene ring substituents is 1. The van der Waals surface area contributed by atoms with Crippen LogP contribution in [0.2, 0.25) is 0 Å². The Labute approximate surface area is 140 Å². The molecule has 3 aromatic rings. The van der Waals surface area contributed by atoms with Gasteiger partial charge in [0, 0.05) is 6.07 Å². The lowest BCUT2D eigenvalue weighted by Gasteiger charge is -2.08. The standard InChI is InChI=1S/C14H11N3O5S2/c1-8-15-11-4-2-9(6-14(11)23-8)16-24(21,22)10-3-5-13(18)12(7-10)17(19)20/h2-7,16,18H,1H3. The SMILES string of the molecule is Cc1nc2ccc(NS(=O)(=O)c3ccc(O)c([N+](=O)[O-])c3)cc2s1. The number of phenols is 1. The van der Waals surface area contributed by atoms with Gasteiger partial charge < -0.3 is 5.11 Å². The second-order valence-electron chi connectivity index (χ2n) is 4.93. The molecular weight excluding hydrogens is 354 g/mol. The van der Waals surface area contributed by atoms with Gasteiger partial charge in [-0.2, -0.15) is 0 Å². The lowest BCUT2D eigenvalue weighted by Crippen LogP contribution is -2.13. The molecule has 0 bridgehead atoms. The number of aryl methyl sites for hydroxylation is 1. The van der Waals surface area contributed by atoms with Crippen molar-refractivity contribution in [3.63, 3.8) is 0 Å². The predicted octanol–water partition coefficient (Wildman–Crippen LogP) is 3.02. The first-order chi connectivity index (χ1) is 11.3. The maximum absolute atomic E-state index is 12.4. The molecule has 10 heteroatoms. The second kappa shape index (κ2) is 5.73. The summed E-state index contributed by atoms with van der Waals surface area (Å²) in [7, 11) is -4.03. The second-order valence-corrected chi connectivity index (χ2v) is 7.85. The Morgan fingerprint density at radius 3 is 2.71 bits per heavy atom. The highest BCUT2D eigenvalue weighted by molar-refractivity contribution is 7.92. The maximum Gasteiger partial charge on any atom is 0.312 e. The summed E-state index contributed by atoms with van der Waals surface area (Å²) in [6.45, 7) is 1.85. The molecule has 1 heterocycles. The third-order valence-electron chi connectivity index (χ3n) is 3.20. The molecule has 1 aromatic heterocycles. The molecule has 0 saturated carbocycles. The van der Waals surface area contributed by atoms with E-state index in [2.05, 4.69) is 9.71 Å². The number of nitro groups is 1. The van der Waals surface area contributed by atoms with E-state index in [-0.39, 0.29) is 4.90 Å². The maximum atomic E-state index is 12.4. The Morgan fingerprint density at radius 1 is 1.25 bits per heavy atom. The van der Waals surface area contributed by atoms with Gasteiger partial charge in [0.1, 0.15) is 0 Å². The summed E-state index contributed by atoms with van der Waals surface area (Å²) in [6, 6.07) is 7.78. The number of hydrogen-bond donors (Lipinski definition) is 2. The van der Waals surface area contributed by atoms with Crippen molar-refractivity contribution in [1.82, 2.24) is 4.98 Å². The van der Waals surface area contributed by atoms with Crippen molar-refractivity contribution in [1.29, 1.82) is 0 Å². The van der Waals surface area contributed by atoms with Crippen LogP contribution >= 0.6 is 11.3 Å². The van der Waals surface area contributed by atoms with Gasteiger partial charge in [0.15, 0.2) is 5.75 Å². The minimum absolute atomic E-state index is 0.312. The Hall–Kier alpha value is -2.72. The number of benzene rings is 2. The molecule has 0 atom stereocenters. The number of fused-ring (bicyclic) bond motifs is 1. The normalized spacial score (nSPS) is 11.5. The summed E-state index contributed by atoms with van der Waals surface area (Å²) in [5.41, 5.74) is 0.411. The highest BCUT2D eigenvalue weighted by atomic mass is 32.2. The van der Waals surface area contributed by atoms with Crippen molar-refractivity contribution >= 4 is 43.0 Å². The Kier molecular flexibility index (Phi) is 3.85. The van der Waals surface area contributed by atoms with E-state index in [1.165, 1.54) is 11.3 Å². The van der Waals surface area contributed by atoms with E-state index in [4.69, 9.17) is 0 Å². The summed E-state index contributed by atoms with van der Waals surface area (Å²) in [4.78, 5) is 14.0. The van der Waals surface area contributed by atoms with Crippen molar-refractivity contribution in [2.75, 3.05) is 4.72 Å². The van der Waals surface area contributed by atoms with Gasteiger partial charge in [-0.25, -0.2) is 13.4 Å². The van der Waals surface area contributed by atoms with Gasteiger partial charge in [0.2, 0.25) is 0 Å². The fraction of sp³-hybridized carbons (Fsp3) is 0.0714. The largest absolute Gasteiger partial charge is 0.502 e. The summed E-state index contributed by atoms with van der Waals surface area (Å²) < 4.78 is 28.0. The summed E-state index contributed by atoms with van der Waals surface area (Å²) in [5, 5.41) is 21.1. The predicted molar refractivity (Wildman–Crippen MR) is 89.9 cm³/mol. The molecule has 0 fully saturated rings. The van der Waals surface area contributed by atoms with Crippen LogP contribution in [0.1, 0.15) is 5.01 Å². The van der Waals surface area contributed by atoms with Crippen LogP contribution < -0.4 is 4.72 Å². The molecule has 124 valence electrons. The fourth-order valence-corrected chi connectivity index (χ4v) is 4.07. The average molecular weight is 365 g/mol. The number of aromatic nitrogens is 1.